The Kier molecular flexibility index (Phi) is 2.64. The smallest absolute Gasteiger partial charge is 0.251 e. The van der Waals surface area contributed by atoms with Crippen molar-refractivity contribution in [2.75, 3.05) is 6.54 Å². The third-order valence-electron chi connectivity index (χ3n) is 3.19. The zero-order valence-corrected chi connectivity index (χ0v) is 9.72. The van der Waals surface area contributed by atoms with E-state index in [4.69, 9.17) is 4.42 Å². The molecule has 3 rings (SSSR count). The molecule has 0 aliphatic carbocycles. The van der Waals surface area contributed by atoms with E-state index in [9.17, 15) is 9.90 Å². The summed E-state index contributed by atoms with van der Waals surface area (Å²) in [7, 11) is 0. The zero-order valence-electron chi connectivity index (χ0n) is 9.72. The number of carbonyl (C=O) groups is 1. The van der Waals surface area contributed by atoms with Gasteiger partial charge in [-0.3, -0.25) is 4.79 Å². The molecule has 18 heavy (non-hydrogen) atoms. The minimum absolute atomic E-state index is 0.0789. The summed E-state index contributed by atoms with van der Waals surface area (Å²) in [6.07, 6.45) is 1.52. The Morgan fingerprint density at radius 2 is 2.22 bits per heavy atom. The maximum Gasteiger partial charge on any atom is 0.251 e. The number of rotatable bonds is 2. The molecule has 1 aliphatic heterocycles. The number of benzene rings is 1. The fourth-order valence-corrected chi connectivity index (χ4v) is 2.21. The Morgan fingerprint density at radius 1 is 1.33 bits per heavy atom. The number of nitrogens with one attached hydrogen (secondary N) is 1. The van der Waals surface area contributed by atoms with E-state index < -0.39 is 6.10 Å². The van der Waals surface area contributed by atoms with Crippen molar-refractivity contribution in [1.82, 2.24) is 5.32 Å². The van der Waals surface area contributed by atoms with Gasteiger partial charge in [0, 0.05) is 12.1 Å². The summed E-state index contributed by atoms with van der Waals surface area (Å²) < 4.78 is 5.17. The largest absolute Gasteiger partial charge is 0.466 e. The van der Waals surface area contributed by atoms with E-state index in [1.54, 1.807) is 18.2 Å². The zero-order chi connectivity index (χ0) is 12.5. The summed E-state index contributed by atoms with van der Waals surface area (Å²) in [4.78, 5) is 11.7. The average molecular weight is 243 g/mol. The molecule has 2 heterocycles. The molecule has 4 nitrogen and oxygen atoms in total. The van der Waals surface area contributed by atoms with Crippen molar-refractivity contribution >= 4 is 5.91 Å². The normalized spacial score (nSPS) is 15.9. The van der Waals surface area contributed by atoms with Crippen molar-refractivity contribution in [3.63, 3.8) is 0 Å². The lowest BCUT2D eigenvalue weighted by atomic mass is 9.95. The van der Waals surface area contributed by atoms with Crippen LogP contribution in [0.3, 0.4) is 0 Å². The summed E-state index contributed by atoms with van der Waals surface area (Å²) in [5.74, 6) is 0.399. The average Bonchev–Trinajstić information content (AvgIpc) is 2.92. The number of hydrogen-bond donors (Lipinski definition) is 2. The number of amides is 1. The number of carbonyl (C=O) groups excluding carboxylic acids is 1. The van der Waals surface area contributed by atoms with Crippen molar-refractivity contribution in [1.29, 1.82) is 0 Å². The van der Waals surface area contributed by atoms with Crippen LogP contribution in [-0.2, 0) is 6.42 Å². The van der Waals surface area contributed by atoms with Crippen LogP contribution >= 0.6 is 0 Å². The maximum atomic E-state index is 11.7. The number of fused-ring (bicyclic) bond motifs is 1. The van der Waals surface area contributed by atoms with Gasteiger partial charge in [0.25, 0.3) is 5.91 Å². The van der Waals surface area contributed by atoms with E-state index in [-0.39, 0.29) is 5.91 Å². The first kappa shape index (κ1) is 11.0. The second-order valence-electron chi connectivity index (χ2n) is 4.34. The van der Waals surface area contributed by atoms with Crippen molar-refractivity contribution in [3.8, 4) is 0 Å². The van der Waals surface area contributed by atoms with Crippen LogP contribution in [0.15, 0.2) is 41.0 Å². The Morgan fingerprint density at radius 3 is 3.00 bits per heavy atom. The van der Waals surface area contributed by atoms with Gasteiger partial charge >= 0.3 is 0 Å². The second kappa shape index (κ2) is 4.31. The van der Waals surface area contributed by atoms with Gasteiger partial charge in [-0.05, 0) is 35.7 Å². The summed E-state index contributed by atoms with van der Waals surface area (Å²) in [6.45, 7) is 0.673. The van der Waals surface area contributed by atoms with Crippen molar-refractivity contribution < 1.29 is 14.3 Å². The van der Waals surface area contributed by atoms with Gasteiger partial charge in [-0.1, -0.05) is 12.1 Å². The van der Waals surface area contributed by atoms with E-state index >= 15 is 0 Å². The highest BCUT2D eigenvalue weighted by Crippen LogP contribution is 2.25. The number of hydrogen-bond acceptors (Lipinski definition) is 3. The molecule has 0 saturated carbocycles. The van der Waals surface area contributed by atoms with Gasteiger partial charge in [0.1, 0.15) is 11.9 Å². The lowest BCUT2D eigenvalue weighted by molar-refractivity contribution is 0.0945. The number of aliphatic hydroxyl groups is 1. The van der Waals surface area contributed by atoms with Crippen LogP contribution in [0.25, 0.3) is 0 Å². The summed E-state index contributed by atoms with van der Waals surface area (Å²) in [6, 6.07) is 8.91. The molecule has 1 atom stereocenters. The lowest BCUT2D eigenvalue weighted by Crippen LogP contribution is -2.31. The molecule has 1 aromatic carbocycles. The first-order valence-electron chi connectivity index (χ1n) is 5.88. The first-order chi connectivity index (χ1) is 8.75. The van der Waals surface area contributed by atoms with Crippen LogP contribution in [0.5, 0.6) is 0 Å². The van der Waals surface area contributed by atoms with Gasteiger partial charge < -0.3 is 14.8 Å². The van der Waals surface area contributed by atoms with Crippen molar-refractivity contribution in [2.45, 2.75) is 12.5 Å². The van der Waals surface area contributed by atoms with E-state index in [1.807, 2.05) is 12.1 Å². The molecule has 0 saturated heterocycles. The molecule has 1 aromatic heterocycles. The van der Waals surface area contributed by atoms with E-state index in [0.29, 0.717) is 23.4 Å². The molecule has 0 radical (unpaired) electrons. The van der Waals surface area contributed by atoms with Gasteiger partial charge in [0.15, 0.2) is 0 Å². The third kappa shape index (κ3) is 1.80. The Bertz CT molecular complexity index is 575. The number of aliphatic hydroxyl groups excluding tert-OH is 1. The fraction of sp³-hybridized carbons (Fsp3) is 0.214. The minimum atomic E-state index is -0.833. The molecule has 0 bridgehead atoms. The van der Waals surface area contributed by atoms with Gasteiger partial charge in [-0.2, -0.15) is 0 Å². The molecule has 1 aliphatic rings. The predicted octanol–water partition coefficient (Wildman–Crippen LogP) is 1.65. The molecular formula is C14H13NO3. The maximum absolute atomic E-state index is 11.7. The van der Waals surface area contributed by atoms with Crippen LogP contribution < -0.4 is 5.32 Å². The molecule has 2 N–H and O–H groups in total. The highest BCUT2D eigenvalue weighted by molar-refractivity contribution is 5.96. The number of furan rings is 1. The first-order valence-corrected chi connectivity index (χ1v) is 5.88. The summed E-state index contributed by atoms with van der Waals surface area (Å²) >= 11 is 0. The minimum Gasteiger partial charge on any atom is -0.466 e. The van der Waals surface area contributed by atoms with Crippen molar-refractivity contribution in [2.24, 2.45) is 0 Å². The molecule has 92 valence electrons. The highest BCUT2D eigenvalue weighted by atomic mass is 16.4. The highest BCUT2D eigenvalue weighted by Gasteiger charge is 2.20. The molecule has 4 heteroatoms. The molecular weight excluding hydrogens is 230 g/mol. The van der Waals surface area contributed by atoms with Gasteiger partial charge in [-0.15, -0.1) is 0 Å². The van der Waals surface area contributed by atoms with Crippen molar-refractivity contribution in [3.05, 3.63) is 59.0 Å². The molecule has 1 unspecified atom stereocenters. The Balaban J connectivity index is 1.99. The third-order valence-corrected chi connectivity index (χ3v) is 3.19. The van der Waals surface area contributed by atoms with E-state index in [2.05, 4.69) is 5.32 Å². The van der Waals surface area contributed by atoms with Crippen LogP contribution in [-0.4, -0.2) is 17.6 Å². The van der Waals surface area contributed by atoms with Crippen LogP contribution in [0.1, 0.15) is 33.3 Å². The van der Waals surface area contributed by atoms with Gasteiger partial charge in [0.05, 0.1) is 6.26 Å². The Hall–Kier alpha value is -2.07. The predicted molar refractivity (Wildman–Crippen MR) is 65.2 cm³/mol. The molecule has 0 spiro atoms. The molecule has 1 amide bonds. The monoisotopic (exact) mass is 243 g/mol. The molecule has 0 fully saturated rings. The second-order valence-corrected chi connectivity index (χ2v) is 4.34. The van der Waals surface area contributed by atoms with E-state index in [1.165, 1.54) is 6.26 Å². The summed E-state index contributed by atoms with van der Waals surface area (Å²) in [5, 5.41) is 12.9. The standard InChI is InChI=1S/C14H13NO3/c16-13(12-2-1-7-18-12)10-4-3-9-5-6-15-14(17)11(9)8-10/h1-4,7-8,13,16H,5-6H2,(H,15,17). The van der Waals surface area contributed by atoms with Gasteiger partial charge in [-0.25, -0.2) is 0 Å². The Labute approximate surface area is 104 Å². The molecule has 2 aromatic rings. The SMILES string of the molecule is O=C1NCCc2ccc(C(O)c3ccco3)cc21. The quantitative estimate of drug-likeness (QED) is 0.843. The van der Waals surface area contributed by atoms with Crippen LogP contribution in [0.4, 0.5) is 0 Å². The summed E-state index contributed by atoms with van der Waals surface area (Å²) in [5.41, 5.74) is 2.33. The van der Waals surface area contributed by atoms with Crippen LogP contribution in [0, 0.1) is 0 Å². The van der Waals surface area contributed by atoms with E-state index in [0.717, 1.165) is 12.0 Å². The fourth-order valence-electron chi connectivity index (χ4n) is 2.21. The lowest BCUT2D eigenvalue weighted by Gasteiger charge is -2.18. The van der Waals surface area contributed by atoms with Gasteiger partial charge in [0.2, 0.25) is 0 Å². The van der Waals surface area contributed by atoms with Crippen LogP contribution in [0.2, 0.25) is 0 Å². The topological polar surface area (TPSA) is 62.5 Å².